The molecule has 0 spiro atoms. The predicted molar refractivity (Wildman–Crippen MR) is 74.5 cm³/mol. The second-order valence-electron chi connectivity index (χ2n) is 4.21. The van der Waals surface area contributed by atoms with Crippen molar-refractivity contribution < 1.29 is 70.2 Å². The van der Waals surface area contributed by atoms with Crippen molar-refractivity contribution in [2.75, 3.05) is 0 Å². The van der Waals surface area contributed by atoms with E-state index in [0.717, 1.165) is 19.9 Å². The average molecular weight is 381 g/mol. The smallest absolute Gasteiger partial charge is 0.545 e. The van der Waals surface area contributed by atoms with Gasteiger partial charge in [0.1, 0.15) is 4.75 Å². The molecule has 13 heteroatoms. The Morgan fingerprint density at radius 3 is 1.65 bits per heavy atom. The van der Waals surface area contributed by atoms with Crippen LogP contribution in [0.5, 0.6) is 0 Å². The standard InChI is InChI=1S/C7H13NO7S2.C3H4O2.Na/c1-4-5(9)8-6(16(10,11)12)7(2,3)17(13,14)15;1-2-3(4)5;/h4,6H,1H2,2-3H3,(H,8,9)(H,10,11,12)(H,13,14,15);2H,1H2,(H,4,5);/q;;+1/p-1. The molecular formula is C10H16NNaO9S2. The monoisotopic (exact) mass is 381 g/mol. The number of carbonyl (C=O) groups is 2. The third-order valence-electron chi connectivity index (χ3n) is 2.22. The maximum absolute atomic E-state index is 11.0. The SMILES string of the molecule is C=CC(=O)NC(C(C)(C)S(=O)(=O)O)S(=O)(=O)O.C=CC(=O)[O-].[Na+]. The Kier molecular flexibility index (Phi) is 12.0. The molecule has 0 aliphatic carbocycles. The third-order valence-corrected chi connectivity index (χ3v) is 5.24. The van der Waals surface area contributed by atoms with Gasteiger partial charge < -0.3 is 15.2 Å². The van der Waals surface area contributed by atoms with Gasteiger partial charge in [-0.2, -0.15) is 16.8 Å². The van der Waals surface area contributed by atoms with Gasteiger partial charge in [0, 0.05) is 0 Å². The van der Waals surface area contributed by atoms with Gasteiger partial charge in [0.15, 0.2) is 5.37 Å². The van der Waals surface area contributed by atoms with E-state index >= 15 is 0 Å². The van der Waals surface area contributed by atoms with Crippen LogP contribution >= 0.6 is 0 Å². The van der Waals surface area contributed by atoms with Crippen LogP contribution in [0.4, 0.5) is 0 Å². The van der Waals surface area contributed by atoms with Gasteiger partial charge in [-0.25, -0.2) is 0 Å². The minimum atomic E-state index is -4.93. The molecule has 0 radical (unpaired) electrons. The summed E-state index contributed by atoms with van der Waals surface area (Å²) in [5, 5.41) is 8.65. The summed E-state index contributed by atoms with van der Waals surface area (Å²) in [6.07, 6.45) is 1.41. The van der Waals surface area contributed by atoms with Gasteiger partial charge in [0.2, 0.25) is 5.91 Å². The van der Waals surface area contributed by atoms with Crippen molar-refractivity contribution in [2.45, 2.75) is 24.0 Å². The van der Waals surface area contributed by atoms with E-state index in [2.05, 4.69) is 13.2 Å². The van der Waals surface area contributed by atoms with E-state index in [1.165, 1.54) is 0 Å². The Balaban J connectivity index is -0.000000578. The van der Waals surface area contributed by atoms with Crippen molar-refractivity contribution in [2.24, 2.45) is 0 Å². The van der Waals surface area contributed by atoms with Crippen LogP contribution in [0.3, 0.4) is 0 Å². The molecule has 0 aromatic rings. The first kappa shape index (κ1) is 27.1. The van der Waals surface area contributed by atoms with E-state index in [-0.39, 0.29) is 29.6 Å². The van der Waals surface area contributed by atoms with Crippen LogP contribution in [0.15, 0.2) is 25.3 Å². The number of hydrogen-bond donors (Lipinski definition) is 3. The number of rotatable bonds is 6. The van der Waals surface area contributed by atoms with Gasteiger partial charge in [0.25, 0.3) is 20.2 Å². The zero-order chi connectivity index (χ0) is 18.4. The molecule has 1 unspecified atom stereocenters. The molecule has 0 aliphatic heterocycles. The number of hydrogen-bond acceptors (Lipinski definition) is 7. The van der Waals surface area contributed by atoms with Gasteiger partial charge in [-0.1, -0.05) is 13.2 Å². The van der Waals surface area contributed by atoms with Gasteiger partial charge in [-0.05, 0) is 26.0 Å². The number of carbonyl (C=O) groups excluding carboxylic acids is 2. The largest absolute Gasteiger partial charge is 1.00 e. The molecular weight excluding hydrogens is 365 g/mol. The van der Waals surface area contributed by atoms with Crippen LogP contribution in [0.2, 0.25) is 0 Å². The van der Waals surface area contributed by atoms with E-state index in [1.54, 1.807) is 5.32 Å². The van der Waals surface area contributed by atoms with Crippen LogP contribution in [-0.4, -0.2) is 47.9 Å². The molecule has 0 saturated carbocycles. The van der Waals surface area contributed by atoms with Crippen molar-refractivity contribution in [1.82, 2.24) is 5.32 Å². The number of amides is 1. The minimum absolute atomic E-state index is 0. The van der Waals surface area contributed by atoms with Crippen LogP contribution in [-0.2, 0) is 29.8 Å². The first-order chi connectivity index (χ1) is 9.61. The Morgan fingerprint density at radius 1 is 1.13 bits per heavy atom. The maximum atomic E-state index is 11.0. The van der Waals surface area contributed by atoms with Crippen molar-refractivity contribution in [3.05, 3.63) is 25.3 Å². The van der Waals surface area contributed by atoms with E-state index in [0.29, 0.717) is 6.08 Å². The Hall–Kier alpha value is -0.760. The molecule has 1 amide bonds. The Morgan fingerprint density at radius 2 is 1.48 bits per heavy atom. The molecule has 0 aliphatic rings. The van der Waals surface area contributed by atoms with Crippen molar-refractivity contribution in [3.63, 3.8) is 0 Å². The molecule has 10 nitrogen and oxygen atoms in total. The summed E-state index contributed by atoms with van der Waals surface area (Å²) in [6.45, 7) is 7.61. The molecule has 0 aromatic carbocycles. The van der Waals surface area contributed by atoms with Crippen molar-refractivity contribution in [3.8, 4) is 0 Å². The number of aliphatic carboxylic acids is 1. The quantitative estimate of drug-likeness (QED) is 0.231. The fourth-order valence-corrected chi connectivity index (χ4v) is 2.97. The summed E-state index contributed by atoms with van der Waals surface area (Å²) in [7, 11) is -9.76. The summed E-state index contributed by atoms with van der Waals surface area (Å²) < 4.78 is 59.5. The van der Waals surface area contributed by atoms with Crippen LogP contribution in [0, 0.1) is 0 Å². The summed E-state index contributed by atoms with van der Waals surface area (Å²) in [5.74, 6) is -2.24. The van der Waals surface area contributed by atoms with E-state index in [4.69, 9.17) is 19.0 Å². The fourth-order valence-electron chi connectivity index (χ4n) is 0.930. The Bertz CT molecular complexity index is 652. The minimum Gasteiger partial charge on any atom is -0.545 e. The number of carboxylic acid groups (broad SMARTS) is 1. The normalized spacial score (nSPS) is 12.5. The summed E-state index contributed by atoms with van der Waals surface area (Å²) in [6, 6.07) is 0. The van der Waals surface area contributed by atoms with E-state index < -0.39 is 42.2 Å². The maximum Gasteiger partial charge on any atom is 1.00 e. The average Bonchev–Trinajstić information content (AvgIpc) is 2.33. The molecule has 23 heavy (non-hydrogen) atoms. The summed E-state index contributed by atoms with van der Waals surface area (Å²) >= 11 is 0. The second kappa shape index (κ2) is 10.2. The van der Waals surface area contributed by atoms with E-state index in [9.17, 15) is 21.6 Å². The fraction of sp³-hybridized carbons (Fsp3) is 0.400. The number of carboxylic acids is 1. The summed E-state index contributed by atoms with van der Waals surface area (Å²) in [4.78, 5) is 20.1. The molecule has 0 rings (SSSR count). The molecule has 0 heterocycles. The van der Waals surface area contributed by atoms with Gasteiger partial charge in [-0.15, -0.1) is 0 Å². The molecule has 0 fully saturated rings. The zero-order valence-electron chi connectivity index (χ0n) is 12.7. The second-order valence-corrected chi connectivity index (χ2v) is 7.71. The first-order valence-electron chi connectivity index (χ1n) is 5.31. The van der Waals surface area contributed by atoms with Crippen LogP contribution in [0.25, 0.3) is 0 Å². The summed E-state index contributed by atoms with van der Waals surface area (Å²) in [5.41, 5.74) is 0. The molecule has 1 atom stereocenters. The first-order valence-corrected chi connectivity index (χ1v) is 8.25. The van der Waals surface area contributed by atoms with Crippen LogP contribution < -0.4 is 40.0 Å². The molecule has 128 valence electrons. The van der Waals surface area contributed by atoms with Gasteiger partial charge in [-0.3, -0.25) is 13.9 Å². The molecule has 3 N–H and O–H groups in total. The zero-order valence-corrected chi connectivity index (χ0v) is 16.3. The third kappa shape index (κ3) is 9.86. The molecule has 0 bridgehead atoms. The Labute approximate surface area is 156 Å². The van der Waals surface area contributed by atoms with Crippen molar-refractivity contribution >= 4 is 32.1 Å². The molecule has 0 saturated heterocycles. The topological polar surface area (TPSA) is 178 Å². The predicted octanol–water partition coefficient (Wildman–Crippen LogP) is -4.90. The molecule has 0 aromatic heterocycles. The number of nitrogens with one attached hydrogen (secondary N) is 1. The van der Waals surface area contributed by atoms with E-state index in [1.807, 2.05) is 0 Å². The van der Waals surface area contributed by atoms with Gasteiger partial charge in [0.05, 0.1) is 5.97 Å². The van der Waals surface area contributed by atoms with Crippen LogP contribution in [0.1, 0.15) is 13.8 Å². The van der Waals surface area contributed by atoms with Gasteiger partial charge >= 0.3 is 29.6 Å². The van der Waals surface area contributed by atoms with Crippen molar-refractivity contribution in [1.29, 1.82) is 0 Å².